The van der Waals surface area contributed by atoms with Crippen LogP contribution in [0.25, 0.3) is 0 Å². The van der Waals surface area contributed by atoms with Crippen molar-refractivity contribution in [1.29, 1.82) is 0 Å². The second-order valence-corrected chi connectivity index (χ2v) is 4.17. The molecular weight excluding hydrogens is 247 g/mol. The topological polar surface area (TPSA) is 44.3 Å². The molecule has 2 heterocycles. The number of piperazine rings is 1. The molecule has 1 saturated heterocycles. The molecule has 0 atom stereocenters. The van der Waals surface area contributed by atoms with Crippen molar-refractivity contribution in [3.63, 3.8) is 0 Å². The van der Waals surface area contributed by atoms with Gasteiger partial charge in [-0.25, -0.2) is 15.0 Å². The van der Waals surface area contributed by atoms with Crippen LogP contribution < -0.4 is 5.43 Å². The summed E-state index contributed by atoms with van der Waals surface area (Å²) in [6.07, 6.45) is -3.34. The van der Waals surface area contributed by atoms with Crippen LogP contribution >= 0.6 is 0 Å². The molecule has 0 amide bonds. The van der Waals surface area contributed by atoms with Crippen LogP contribution in [0.2, 0.25) is 0 Å². The number of anilines is 1. The molecule has 0 radical (unpaired) electrons. The highest BCUT2D eigenvalue weighted by molar-refractivity contribution is 5.24. The number of halogens is 3. The number of alkyl halides is 3. The minimum Gasteiger partial charge on any atom is -0.304 e. The maximum absolute atomic E-state index is 12.5. The lowest BCUT2D eigenvalue weighted by Crippen LogP contribution is -2.47. The van der Waals surface area contributed by atoms with Crippen molar-refractivity contribution in [3.05, 3.63) is 18.0 Å². The molecule has 0 spiro atoms. The van der Waals surface area contributed by atoms with Crippen molar-refractivity contribution >= 4 is 5.95 Å². The van der Waals surface area contributed by atoms with Gasteiger partial charge in [0.05, 0.1) is 0 Å². The van der Waals surface area contributed by atoms with Crippen molar-refractivity contribution in [2.75, 3.05) is 38.7 Å². The predicted octanol–water partition coefficient (Wildman–Crippen LogP) is 1.07. The molecule has 1 aromatic heterocycles. The maximum Gasteiger partial charge on any atom is 0.433 e. The van der Waals surface area contributed by atoms with E-state index in [1.165, 1.54) is 0 Å². The van der Waals surface area contributed by atoms with Crippen molar-refractivity contribution in [2.24, 2.45) is 0 Å². The Hall–Kier alpha value is -1.41. The second-order valence-electron chi connectivity index (χ2n) is 4.17. The summed E-state index contributed by atoms with van der Waals surface area (Å²) in [7, 11) is 2.00. The first-order valence-corrected chi connectivity index (χ1v) is 5.55. The lowest BCUT2D eigenvalue weighted by Gasteiger charge is -2.32. The van der Waals surface area contributed by atoms with Crippen LogP contribution in [-0.4, -0.2) is 53.1 Å². The van der Waals surface area contributed by atoms with Crippen LogP contribution in [0, 0.1) is 0 Å². The Morgan fingerprint density at radius 1 is 1.22 bits per heavy atom. The Labute approximate surface area is 103 Å². The van der Waals surface area contributed by atoms with Gasteiger partial charge in [-0.15, -0.1) is 0 Å². The third-order valence-electron chi connectivity index (χ3n) is 2.71. The second kappa shape index (κ2) is 5.07. The van der Waals surface area contributed by atoms with Gasteiger partial charge in [-0.3, -0.25) is 5.43 Å². The number of aromatic nitrogens is 2. The van der Waals surface area contributed by atoms with Crippen molar-refractivity contribution in [1.82, 2.24) is 19.9 Å². The smallest absolute Gasteiger partial charge is 0.304 e. The molecule has 1 aliphatic rings. The zero-order valence-corrected chi connectivity index (χ0v) is 9.91. The molecular formula is C10H14F3N5. The van der Waals surface area contributed by atoms with Crippen LogP contribution in [0.15, 0.2) is 12.3 Å². The number of rotatable bonds is 2. The highest BCUT2D eigenvalue weighted by Gasteiger charge is 2.32. The summed E-state index contributed by atoms with van der Waals surface area (Å²) < 4.78 is 37.4. The first kappa shape index (κ1) is 13.0. The summed E-state index contributed by atoms with van der Waals surface area (Å²) in [5, 5.41) is 1.81. The molecule has 0 unspecified atom stereocenters. The SMILES string of the molecule is CN1CCN(Nc2nccc(C(F)(F)F)n2)CC1. The molecule has 18 heavy (non-hydrogen) atoms. The monoisotopic (exact) mass is 261 g/mol. The number of hydrogen-bond donors (Lipinski definition) is 1. The molecule has 0 saturated carbocycles. The summed E-state index contributed by atoms with van der Waals surface area (Å²) in [6, 6.07) is 0.856. The summed E-state index contributed by atoms with van der Waals surface area (Å²) in [5.74, 6) is -0.0191. The minimum absolute atomic E-state index is 0.0191. The zero-order chi connectivity index (χ0) is 13.2. The number of nitrogens with one attached hydrogen (secondary N) is 1. The molecule has 1 fully saturated rings. The number of hydrogen-bond acceptors (Lipinski definition) is 5. The highest BCUT2D eigenvalue weighted by Crippen LogP contribution is 2.27. The third kappa shape index (κ3) is 3.30. The van der Waals surface area contributed by atoms with E-state index in [1.54, 1.807) is 0 Å². The standard InChI is InChI=1S/C10H14F3N5/c1-17-4-6-18(7-5-17)16-9-14-3-2-8(15-9)10(11,12)13/h2-3H,4-7H2,1H3,(H,14,15,16). The molecule has 100 valence electrons. The van der Waals surface area contributed by atoms with Gasteiger partial charge >= 0.3 is 6.18 Å². The predicted molar refractivity (Wildman–Crippen MR) is 59.7 cm³/mol. The van der Waals surface area contributed by atoms with Gasteiger partial charge in [0.15, 0.2) is 0 Å². The van der Waals surface area contributed by atoms with Crippen LogP contribution in [0.1, 0.15) is 5.69 Å². The lowest BCUT2D eigenvalue weighted by molar-refractivity contribution is -0.141. The minimum atomic E-state index is -4.44. The first-order valence-electron chi connectivity index (χ1n) is 5.55. The van der Waals surface area contributed by atoms with Crippen molar-refractivity contribution < 1.29 is 13.2 Å². The fraction of sp³-hybridized carbons (Fsp3) is 0.600. The van der Waals surface area contributed by atoms with Gasteiger partial charge in [0.1, 0.15) is 5.69 Å². The molecule has 0 aromatic carbocycles. The molecule has 2 rings (SSSR count). The van der Waals surface area contributed by atoms with Crippen molar-refractivity contribution in [3.8, 4) is 0 Å². The van der Waals surface area contributed by atoms with Gasteiger partial charge in [-0.05, 0) is 13.1 Å². The number of nitrogens with zero attached hydrogens (tertiary/aromatic N) is 4. The normalized spacial score (nSPS) is 18.9. The van der Waals surface area contributed by atoms with Gasteiger partial charge in [0, 0.05) is 32.4 Å². The summed E-state index contributed by atoms with van der Waals surface area (Å²) in [4.78, 5) is 9.39. The Morgan fingerprint density at radius 3 is 2.50 bits per heavy atom. The van der Waals surface area contributed by atoms with E-state index in [2.05, 4.69) is 20.3 Å². The molecule has 0 aliphatic carbocycles. The Bertz CT molecular complexity index is 401. The van der Waals surface area contributed by atoms with E-state index in [0.717, 1.165) is 38.4 Å². The summed E-state index contributed by atoms with van der Waals surface area (Å²) in [6.45, 7) is 3.14. The largest absolute Gasteiger partial charge is 0.433 e. The number of likely N-dealkylation sites (N-methyl/N-ethyl adjacent to an activating group) is 1. The Morgan fingerprint density at radius 2 is 1.89 bits per heavy atom. The van der Waals surface area contributed by atoms with Crippen LogP contribution in [-0.2, 0) is 6.18 Å². The van der Waals surface area contributed by atoms with Crippen LogP contribution in [0.3, 0.4) is 0 Å². The molecule has 8 heteroatoms. The van der Waals surface area contributed by atoms with E-state index in [1.807, 2.05) is 12.1 Å². The van der Waals surface area contributed by atoms with Gasteiger partial charge in [0.2, 0.25) is 5.95 Å². The third-order valence-corrected chi connectivity index (χ3v) is 2.71. The van der Waals surface area contributed by atoms with Gasteiger partial charge in [0.25, 0.3) is 0 Å². The van der Waals surface area contributed by atoms with E-state index < -0.39 is 11.9 Å². The molecule has 1 aromatic rings. The van der Waals surface area contributed by atoms with Crippen LogP contribution in [0.5, 0.6) is 0 Å². The summed E-state index contributed by atoms with van der Waals surface area (Å²) in [5.41, 5.74) is 1.86. The first-order chi connectivity index (χ1) is 8.45. The summed E-state index contributed by atoms with van der Waals surface area (Å²) >= 11 is 0. The van der Waals surface area contributed by atoms with Gasteiger partial charge in [-0.2, -0.15) is 13.2 Å². The molecule has 0 bridgehead atoms. The fourth-order valence-electron chi connectivity index (χ4n) is 1.63. The van der Waals surface area contributed by atoms with E-state index in [9.17, 15) is 13.2 Å². The van der Waals surface area contributed by atoms with Crippen molar-refractivity contribution in [2.45, 2.75) is 6.18 Å². The van der Waals surface area contributed by atoms with E-state index in [4.69, 9.17) is 0 Å². The lowest BCUT2D eigenvalue weighted by atomic mass is 10.4. The highest BCUT2D eigenvalue weighted by atomic mass is 19.4. The molecule has 1 aliphatic heterocycles. The Kier molecular flexibility index (Phi) is 3.67. The fourth-order valence-corrected chi connectivity index (χ4v) is 1.63. The van der Waals surface area contributed by atoms with E-state index in [0.29, 0.717) is 0 Å². The van der Waals surface area contributed by atoms with E-state index >= 15 is 0 Å². The average molecular weight is 261 g/mol. The van der Waals surface area contributed by atoms with Gasteiger partial charge < -0.3 is 4.90 Å². The quantitative estimate of drug-likeness (QED) is 0.862. The number of hydrazine groups is 1. The average Bonchev–Trinajstić information content (AvgIpc) is 2.31. The van der Waals surface area contributed by atoms with Gasteiger partial charge in [-0.1, -0.05) is 0 Å². The Balaban J connectivity index is 2.01. The zero-order valence-electron chi connectivity index (χ0n) is 9.91. The molecule has 5 nitrogen and oxygen atoms in total. The van der Waals surface area contributed by atoms with Crippen LogP contribution in [0.4, 0.5) is 19.1 Å². The molecule has 1 N–H and O–H groups in total. The van der Waals surface area contributed by atoms with E-state index in [-0.39, 0.29) is 5.95 Å². The maximum atomic E-state index is 12.5.